The van der Waals surface area contributed by atoms with Crippen molar-refractivity contribution in [2.24, 2.45) is 0 Å². The van der Waals surface area contributed by atoms with Crippen LogP contribution in [0.2, 0.25) is 0 Å². The molecule has 136 valence electrons. The van der Waals surface area contributed by atoms with E-state index in [0.717, 1.165) is 11.1 Å². The number of benzene rings is 2. The van der Waals surface area contributed by atoms with Crippen LogP contribution >= 0.6 is 11.8 Å². The highest BCUT2D eigenvalue weighted by atomic mass is 32.2. The normalized spacial score (nSPS) is 11.5. The summed E-state index contributed by atoms with van der Waals surface area (Å²) in [5.74, 6) is 0.697. The number of alkyl halides is 3. The molecule has 0 saturated carbocycles. The molecule has 0 aliphatic carbocycles. The second-order valence-electron chi connectivity index (χ2n) is 5.44. The third kappa shape index (κ3) is 5.48. The summed E-state index contributed by atoms with van der Waals surface area (Å²) in [5.41, 5.74) is 1.90. The summed E-state index contributed by atoms with van der Waals surface area (Å²) in [6.45, 7) is -0.760. The summed E-state index contributed by atoms with van der Waals surface area (Å²) in [4.78, 5) is 0. The Kier molecular flexibility index (Phi) is 5.77. The maximum atomic E-state index is 12.2. The largest absolute Gasteiger partial charge is 0.484 e. The molecule has 26 heavy (non-hydrogen) atoms. The van der Waals surface area contributed by atoms with Crippen LogP contribution in [0.25, 0.3) is 0 Å². The van der Waals surface area contributed by atoms with Crippen LogP contribution < -0.4 is 4.74 Å². The number of aromatic nitrogens is 4. The van der Waals surface area contributed by atoms with E-state index in [4.69, 9.17) is 4.74 Å². The van der Waals surface area contributed by atoms with Gasteiger partial charge in [-0.3, -0.25) is 0 Å². The fourth-order valence-corrected chi connectivity index (χ4v) is 3.01. The van der Waals surface area contributed by atoms with Gasteiger partial charge in [0.2, 0.25) is 5.16 Å². The predicted molar refractivity (Wildman–Crippen MR) is 90.9 cm³/mol. The van der Waals surface area contributed by atoms with Gasteiger partial charge in [-0.05, 0) is 33.7 Å². The standard InChI is InChI=1S/C17H15F3N4OS/c18-17(19,20)12-25-15-8-4-7-14(9-15)11-26-16-21-22-23-24(16)10-13-5-2-1-3-6-13/h1-9H,10-12H2. The molecular weight excluding hydrogens is 365 g/mol. The number of hydrogen-bond donors (Lipinski definition) is 0. The molecule has 0 saturated heterocycles. The first kappa shape index (κ1) is 18.2. The Morgan fingerprint density at radius 1 is 1.00 bits per heavy atom. The fourth-order valence-electron chi connectivity index (χ4n) is 2.19. The van der Waals surface area contributed by atoms with Crippen molar-refractivity contribution in [1.29, 1.82) is 0 Å². The van der Waals surface area contributed by atoms with Crippen molar-refractivity contribution < 1.29 is 17.9 Å². The molecule has 0 N–H and O–H groups in total. The number of tetrazole rings is 1. The lowest BCUT2D eigenvalue weighted by Gasteiger charge is -2.10. The maximum absolute atomic E-state index is 12.2. The predicted octanol–water partition coefficient (Wildman–Crippen LogP) is 3.95. The van der Waals surface area contributed by atoms with Gasteiger partial charge in [-0.1, -0.05) is 54.2 Å². The molecule has 0 fully saturated rings. The molecule has 2 aromatic carbocycles. The summed E-state index contributed by atoms with van der Waals surface area (Å²) in [6.07, 6.45) is -4.36. The molecular formula is C17H15F3N4OS. The van der Waals surface area contributed by atoms with Crippen LogP contribution in [0.1, 0.15) is 11.1 Å². The molecule has 0 aliphatic heterocycles. The van der Waals surface area contributed by atoms with Crippen LogP contribution in [0.4, 0.5) is 13.2 Å². The Bertz CT molecular complexity index is 839. The molecule has 3 rings (SSSR count). The zero-order chi connectivity index (χ0) is 18.4. The lowest BCUT2D eigenvalue weighted by atomic mass is 10.2. The second kappa shape index (κ2) is 8.22. The highest BCUT2D eigenvalue weighted by Gasteiger charge is 2.28. The average molecular weight is 380 g/mol. The molecule has 1 heterocycles. The van der Waals surface area contributed by atoms with Crippen LogP contribution in [0.3, 0.4) is 0 Å². The Balaban J connectivity index is 1.60. The molecule has 9 heteroatoms. The number of thioether (sulfide) groups is 1. The van der Waals surface area contributed by atoms with Gasteiger partial charge in [-0.25, -0.2) is 4.68 Å². The summed E-state index contributed by atoms with van der Waals surface area (Å²) < 4.78 is 43.2. The zero-order valence-electron chi connectivity index (χ0n) is 13.6. The van der Waals surface area contributed by atoms with Crippen LogP contribution in [0.15, 0.2) is 59.8 Å². The van der Waals surface area contributed by atoms with Gasteiger partial charge in [-0.2, -0.15) is 13.2 Å². The molecule has 0 amide bonds. The van der Waals surface area contributed by atoms with Gasteiger partial charge in [0.1, 0.15) is 5.75 Å². The summed E-state index contributed by atoms with van der Waals surface area (Å²) in [6, 6.07) is 16.4. The molecule has 1 aromatic heterocycles. The van der Waals surface area contributed by atoms with Crippen LogP contribution in [0, 0.1) is 0 Å². The van der Waals surface area contributed by atoms with Crippen LogP contribution in [-0.2, 0) is 12.3 Å². The Morgan fingerprint density at radius 3 is 2.54 bits per heavy atom. The van der Waals surface area contributed by atoms with E-state index in [1.54, 1.807) is 16.8 Å². The summed E-state index contributed by atoms with van der Waals surface area (Å²) >= 11 is 1.41. The summed E-state index contributed by atoms with van der Waals surface area (Å²) in [5, 5.41) is 12.3. The second-order valence-corrected chi connectivity index (χ2v) is 6.39. The van der Waals surface area contributed by atoms with E-state index in [1.165, 1.54) is 17.8 Å². The van der Waals surface area contributed by atoms with Gasteiger partial charge in [0.25, 0.3) is 0 Å². The van der Waals surface area contributed by atoms with Crippen molar-refractivity contribution in [1.82, 2.24) is 20.2 Å². The first-order chi connectivity index (χ1) is 12.5. The third-order valence-electron chi connectivity index (χ3n) is 3.34. The number of rotatable bonds is 7. The highest BCUT2D eigenvalue weighted by molar-refractivity contribution is 7.98. The van der Waals surface area contributed by atoms with Gasteiger partial charge >= 0.3 is 6.18 Å². The monoisotopic (exact) mass is 380 g/mol. The van der Waals surface area contributed by atoms with Crippen molar-refractivity contribution in [3.05, 3.63) is 65.7 Å². The third-order valence-corrected chi connectivity index (χ3v) is 4.37. The topological polar surface area (TPSA) is 52.8 Å². The number of nitrogens with zero attached hydrogens (tertiary/aromatic N) is 4. The number of halogens is 3. The first-order valence-electron chi connectivity index (χ1n) is 7.71. The zero-order valence-corrected chi connectivity index (χ0v) is 14.4. The van der Waals surface area contributed by atoms with E-state index in [9.17, 15) is 13.2 Å². The van der Waals surface area contributed by atoms with Gasteiger partial charge in [0, 0.05) is 5.75 Å². The van der Waals surface area contributed by atoms with E-state index < -0.39 is 12.8 Å². The van der Waals surface area contributed by atoms with Gasteiger partial charge in [0.15, 0.2) is 6.61 Å². The number of ether oxygens (including phenoxy) is 1. The Morgan fingerprint density at radius 2 is 1.77 bits per heavy atom. The van der Waals surface area contributed by atoms with Crippen molar-refractivity contribution in [2.75, 3.05) is 6.61 Å². The first-order valence-corrected chi connectivity index (χ1v) is 8.69. The lowest BCUT2D eigenvalue weighted by Crippen LogP contribution is -2.19. The van der Waals surface area contributed by atoms with Crippen molar-refractivity contribution >= 4 is 11.8 Å². The average Bonchev–Trinajstić information content (AvgIpc) is 3.06. The molecule has 0 bridgehead atoms. The van der Waals surface area contributed by atoms with E-state index in [-0.39, 0.29) is 5.75 Å². The minimum absolute atomic E-state index is 0.185. The minimum atomic E-state index is -4.36. The molecule has 0 unspecified atom stereocenters. The van der Waals surface area contributed by atoms with E-state index in [0.29, 0.717) is 17.5 Å². The fraction of sp³-hybridized carbons (Fsp3) is 0.235. The maximum Gasteiger partial charge on any atom is 0.422 e. The van der Waals surface area contributed by atoms with Crippen molar-refractivity contribution in [3.63, 3.8) is 0 Å². The van der Waals surface area contributed by atoms with Gasteiger partial charge in [-0.15, -0.1) is 5.10 Å². The molecule has 3 aromatic rings. The van der Waals surface area contributed by atoms with Crippen molar-refractivity contribution in [2.45, 2.75) is 23.6 Å². The SMILES string of the molecule is FC(F)(F)COc1cccc(CSc2nnnn2Cc2ccccc2)c1. The van der Waals surface area contributed by atoms with E-state index in [2.05, 4.69) is 15.5 Å². The van der Waals surface area contributed by atoms with Crippen LogP contribution in [0.5, 0.6) is 5.75 Å². The molecule has 5 nitrogen and oxygen atoms in total. The van der Waals surface area contributed by atoms with E-state index in [1.807, 2.05) is 36.4 Å². The van der Waals surface area contributed by atoms with E-state index >= 15 is 0 Å². The van der Waals surface area contributed by atoms with Crippen LogP contribution in [-0.4, -0.2) is 33.0 Å². The molecule has 0 radical (unpaired) electrons. The number of hydrogen-bond acceptors (Lipinski definition) is 5. The molecule has 0 atom stereocenters. The quantitative estimate of drug-likeness (QED) is 0.581. The highest BCUT2D eigenvalue weighted by Crippen LogP contribution is 2.24. The minimum Gasteiger partial charge on any atom is -0.484 e. The van der Waals surface area contributed by atoms with Crippen molar-refractivity contribution in [3.8, 4) is 5.75 Å². The Labute approximate surface area is 152 Å². The Hall–Kier alpha value is -2.55. The summed E-state index contributed by atoms with van der Waals surface area (Å²) in [7, 11) is 0. The van der Waals surface area contributed by atoms with Gasteiger partial charge < -0.3 is 4.74 Å². The molecule has 0 aliphatic rings. The smallest absolute Gasteiger partial charge is 0.422 e. The van der Waals surface area contributed by atoms with Gasteiger partial charge in [0.05, 0.1) is 6.54 Å². The lowest BCUT2D eigenvalue weighted by molar-refractivity contribution is -0.153. The molecule has 0 spiro atoms.